The van der Waals surface area contributed by atoms with E-state index in [2.05, 4.69) is 25.9 Å². The molecule has 4 heterocycles. The summed E-state index contributed by atoms with van der Waals surface area (Å²) in [7, 11) is 0. The van der Waals surface area contributed by atoms with Gasteiger partial charge in [-0.2, -0.15) is 0 Å². The van der Waals surface area contributed by atoms with E-state index in [4.69, 9.17) is 0 Å². The first-order valence-electron chi connectivity index (χ1n) is 10.0. The van der Waals surface area contributed by atoms with Crippen molar-refractivity contribution in [2.75, 3.05) is 11.5 Å². The number of thioether (sulfide) groups is 2. The van der Waals surface area contributed by atoms with E-state index in [9.17, 15) is 24.6 Å². The van der Waals surface area contributed by atoms with Crippen LogP contribution in [0.15, 0.2) is 58.8 Å². The van der Waals surface area contributed by atoms with Gasteiger partial charge in [-0.15, -0.1) is 38.4 Å². The minimum Gasteiger partial charge on any atom is -0.543 e. The number of β-lactam (4-membered cyclic amide) rings is 1. The van der Waals surface area contributed by atoms with Gasteiger partial charge in [-0.3, -0.25) is 14.5 Å². The molecule has 2 aromatic heterocycles. The van der Waals surface area contributed by atoms with Gasteiger partial charge in [0.15, 0.2) is 16.7 Å². The fourth-order valence-corrected chi connectivity index (χ4v) is 6.09. The van der Waals surface area contributed by atoms with E-state index >= 15 is 0 Å². The van der Waals surface area contributed by atoms with Crippen molar-refractivity contribution in [1.82, 2.24) is 35.5 Å². The number of hydrogen-bond acceptors (Lipinski definition) is 11. The summed E-state index contributed by atoms with van der Waals surface area (Å²) in [5.41, 5.74) is 1.03. The Morgan fingerprint density at radius 1 is 1.26 bits per heavy atom. The molecule has 174 valence electrons. The molecule has 0 aliphatic carbocycles. The fourth-order valence-electron chi connectivity index (χ4n) is 3.73. The van der Waals surface area contributed by atoms with Crippen molar-refractivity contribution >= 4 is 47.0 Å². The second-order valence-corrected chi connectivity index (χ2v) is 9.76. The Balaban J connectivity index is 0.00000289. The Kier molecular flexibility index (Phi) is 7.49. The number of carbonyl (C=O) groups is 3. The molecule has 2 aliphatic rings. The van der Waals surface area contributed by atoms with E-state index in [-0.39, 0.29) is 53.2 Å². The fraction of sp³-hybridized carbons (Fsp3) is 0.250. The first-order valence-corrected chi connectivity index (χ1v) is 12.0. The number of carboxylic acid groups (broad SMARTS) is 1. The summed E-state index contributed by atoms with van der Waals surface area (Å²) in [4.78, 5) is 37.0. The number of aliphatic hydroxyl groups is 1. The predicted octanol–water partition coefficient (Wildman–Crippen LogP) is -3.90. The molecule has 0 bridgehead atoms. The third kappa shape index (κ3) is 4.81. The maximum absolute atomic E-state index is 12.7. The van der Waals surface area contributed by atoms with Crippen molar-refractivity contribution in [1.29, 1.82) is 0 Å². The number of carboxylic acids is 1. The number of rotatable bonds is 7. The summed E-state index contributed by atoms with van der Waals surface area (Å²) in [6, 6.07) is 11.7. The van der Waals surface area contributed by atoms with E-state index in [0.29, 0.717) is 21.8 Å². The number of aromatic nitrogens is 5. The molecule has 1 fully saturated rings. The van der Waals surface area contributed by atoms with E-state index in [0.717, 1.165) is 4.90 Å². The van der Waals surface area contributed by atoms with E-state index in [1.54, 1.807) is 42.5 Å². The Morgan fingerprint density at radius 3 is 2.74 bits per heavy atom. The number of aliphatic carboxylic acids is 1. The molecule has 2 N–H and O–H groups in total. The van der Waals surface area contributed by atoms with Crippen LogP contribution in [0.4, 0.5) is 0 Å². The Hall–Kier alpha value is -2.49. The Bertz CT molecular complexity index is 1340. The van der Waals surface area contributed by atoms with Gasteiger partial charge in [-0.05, 0) is 33.7 Å². The van der Waals surface area contributed by atoms with Crippen LogP contribution in [0.5, 0.6) is 0 Å². The molecular weight excluding hydrogens is 505 g/mol. The molecule has 15 heteroatoms. The van der Waals surface area contributed by atoms with Gasteiger partial charge in [0.25, 0.3) is 5.91 Å². The maximum atomic E-state index is 12.7. The molecular formula is C20H16N7NaO5S2. The summed E-state index contributed by atoms with van der Waals surface area (Å²) >= 11 is 2.47. The molecule has 5 rings (SSSR count). The first kappa shape index (κ1) is 25.6. The molecule has 12 nitrogen and oxygen atoms in total. The number of fused-ring (bicyclic) bond motifs is 2. The zero-order valence-corrected chi connectivity index (χ0v) is 22.0. The minimum atomic E-state index is -1.52. The van der Waals surface area contributed by atoms with Gasteiger partial charge < -0.3 is 20.3 Å². The molecule has 2 atom stereocenters. The molecule has 1 saturated heterocycles. The molecule has 2 amide bonds. The van der Waals surface area contributed by atoms with Gasteiger partial charge in [0.1, 0.15) is 5.03 Å². The van der Waals surface area contributed by atoms with Gasteiger partial charge >= 0.3 is 29.6 Å². The standard InChI is InChI=1S/C20H17N7O5S2.Na/c28-15-8-20(21-18(30)17(29)11-4-2-1-3-5-11)26(15)16(19(31)32)12(10-34-20)9-33-14-7-6-13-22-24-25-27(13)23-14;/h1-7,17,29H,8-10H2,(H,21,30)(H,31,32);/q;+1/p-1/t17?,20-;/m0./s1. The number of nitrogens with one attached hydrogen (secondary N) is 1. The van der Waals surface area contributed by atoms with Crippen molar-refractivity contribution in [2.24, 2.45) is 0 Å². The zero-order chi connectivity index (χ0) is 23.9. The number of nitrogens with zero attached hydrogens (tertiary/aromatic N) is 6. The number of benzene rings is 1. The molecule has 3 aromatic rings. The quantitative estimate of drug-likeness (QED) is 0.177. The number of carbonyl (C=O) groups excluding carboxylic acids is 3. The van der Waals surface area contributed by atoms with Crippen LogP contribution >= 0.6 is 23.5 Å². The number of aliphatic hydroxyl groups excluding tert-OH is 1. The van der Waals surface area contributed by atoms with Crippen molar-refractivity contribution in [3.05, 3.63) is 59.3 Å². The van der Waals surface area contributed by atoms with Gasteiger partial charge in [0.2, 0.25) is 5.91 Å². The third-order valence-electron chi connectivity index (χ3n) is 5.36. The van der Waals surface area contributed by atoms with Crippen LogP contribution in [0, 0.1) is 0 Å². The van der Waals surface area contributed by atoms with Crippen molar-refractivity contribution in [3.8, 4) is 0 Å². The predicted molar refractivity (Wildman–Crippen MR) is 118 cm³/mol. The minimum absolute atomic E-state index is 0. The van der Waals surface area contributed by atoms with E-state index in [1.165, 1.54) is 28.2 Å². The van der Waals surface area contributed by atoms with E-state index < -0.39 is 28.9 Å². The van der Waals surface area contributed by atoms with E-state index in [1.807, 2.05) is 0 Å². The van der Waals surface area contributed by atoms with Crippen LogP contribution in [0.25, 0.3) is 5.65 Å². The van der Waals surface area contributed by atoms with Crippen molar-refractivity contribution in [2.45, 2.75) is 22.5 Å². The van der Waals surface area contributed by atoms with Gasteiger partial charge in [0, 0.05) is 11.5 Å². The normalized spacial score (nSPS) is 20.0. The van der Waals surface area contributed by atoms with Crippen LogP contribution in [-0.2, 0) is 14.4 Å². The monoisotopic (exact) mass is 521 g/mol. The summed E-state index contributed by atoms with van der Waals surface area (Å²) in [5.74, 6) is -2.26. The maximum Gasteiger partial charge on any atom is 1.00 e. The SMILES string of the molecule is O=C([O-])C1=C(CSc2ccc3nnnn3n2)CS[C@]2(NC(=O)C(O)c3ccccc3)CC(=O)N12.[Na+]. The van der Waals surface area contributed by atoms with Gasteiger partial charge in [-0.1, -0.05) is 30.3 Å². The van der Waals surface area contributed by atoms with Crippen molar-refractivity contribution in [3.63, 3.8) is 0 Å². The van der Waals surface area contributed by atoms with Crippen molar-refractivity contribution < 1.29 is 54.2 Å². The van der Waals surface area contributed by atoms with Crippen LogP contribution in [0.1, 0.15) is 18.1 Å². The molecule has 0 radical (unpaired) electrons. The molecule has 0 saturated carbocycles. The summed E-state index contributed by atoms with van der Waals surface area (Å²) in [5, 5.41) is 40.9. The number of hydrogen-bond donors (Lipinski definition) is 2. The zero-order valence-electron chi connectivity index (χ0n) is 18.3. The number of tetrazole rings is 1. The number of amides is 2. The molecule has 0 spiro atoms. The topological polar surface area (TPSA) is 166 Å². The smallest absolute Gasteiger partial charge is 0.543 e. The largest absolute Gasteiger partial charge is 1.00 e. The molecule has 1 unspecified atom stereocenters. The second-order valence-electron chi connectivity index (χ2n) is 7.51. The summed E-state index contributed by atoms with van der Waals surface area (Å²) in [6.07, 6.45) is -1.56. The Labute approximate surface area is 228 Å². The molecule has 2 aliphatic heterocycles. The average molecular weight is 522 g/mol. The molecule has 35 heavy (non-hydrogen) atoms. The van der Waals surface area contributed by atoms with Crippen LogP contribution in [0.2, 0.25) is 0 Å². The average Bonchev–Trinajstić information content (AvgIpc) is 3.30. The van der Waals surface area contributed by atoms with Crippen LogP contribution < -0.4 is 40.0 Å². The third-order valence-corrected chi connectivity index (χ3v) is 7.77. The summed E-state index contributed by atoms with van der Waals surface area (Å²) < 4.78 is 1.25. The first-order chi connectivity index (χ1) is 16.4. The van der Waals surface area contributed by atoms with Gasteiger partial charge in [-0.25, -0.2) is 0 Å². The van der Waals surface area contributed by atoms with Crippen LogP contribution in [0.3, 0.4) is 0 Å². The Morgan fingerprint density at radius 2 is 2.03 bits per heavy atom. The summed E-state index contributed by atoms with van der Waals surface area (Å²) in [6.45, 7) is 0. The van der Waals surface area contributed by atoms with Gasteiger partial charge in [0.05, 0.1) is 18.1 Å². The molecule has 1 aromatic carbocycles. The van der Waals surface area contributed by atoms with Crippen LogP contribution in [-0.4, -0.2) is 69.5 Å². The second kappa shape index (κ2) is 10.2.